The van der Waals surface area contributed by atoms with Crippen molar-refractivity contribution < 1.29 is 4.79 Å². The fraction of sp³-hybridized carbons (Fsp3) is 0.176. The van der Waals surface area contributed by atoms with E-state index >= 15 is 0 Å². The third-order valence-corrected chi connectivity index (χ3v) is 4.39. The number of amides is 1. The molecule has 4 nitrogen and oxygen atoms in total. The number of carbonyl (C=O) groups excluding carboxylic acids is 1. The molecule has 0 spiro atoms. The first-order valence-corrected chi connectivity index (χ1v) is 7.90. The Morgan fingerprint density at radius 3 is 2.95 bits per heavy atom. The highest BCUT2D eigenvalue weighted by Crippen LogP contribution is 2.16. The van der Waals surface area contributed by atoms with E-state index in [2.05, 4.69) is 11.4 Å². The van der Waals surface area contributed by atoms with Crippen LogP contribution >= 0.6 is 11.3 Å². The van der Waals surface area contributed by atoms with Crippen molar-refractivity contribution in [1.29, 1.82) is 0 Å². The van der Waals surface area contributed by atoms with Crippen molar-refractivity contribution >= 4 is 27.5 Å². The van der Waals surface area contributed by atoms with E-state index in [0.29, 0.717) is 11.2 Å². The van der Waals surface area contributed by atoms with Gasteiger partial charge in [-0.3, -0.25) is 9.59 Å². The minimum Gasteiger partial charge on any atom is -0.350 e. The molecular formula is C17H16N2O2S. The molecule has 3 rings (SSSR count). The summed E-state index contributed by atoms with van der Waals surface area (Å²) in [5.74, 6) is -0.0716. The van der Waals surface area contributed by atoms with Crippen LogP contribution in [0.1, 0.15) is 11.1 Å². The van der Waals surface area contributed by atoms with Crippen LogP contribution in [0.25, 0.3) is 10.2 Å². The van der Waals surface area contributed by atoms with Crippen LogP contribution in [0.2, 0.25) is 0 Å². The maximum Gasteiger partial charge on any atom is 0.240 e. The Hall–Kier alpha value is -2.40. The Balaban J connectivity index is 1.70. The molecule has 1 aromatic carbocycles. The first-order chi connectivity index (χ1) is 10.6. The summed E-state index contributed by atoms with van der Waals surface area (Å²) in [5.41, 5.74) is 3.06. The van der Waals surface area contributed by atoms with Gasteiger partial charge in [0.05, 0.1) is 10.2 Å². The number of fused-ring (bicyclic) bond motifs is 1. The van der Waals surface area contributed by atoms with Crippen LogP contribution in [-0.4, -0.2) is 10.5 Å². The highest BCUT2D eigenvalue weighted by Gasteiger charge is 2.07. The summed E-state index contributed by atoms with van der Waals surface area (Å²) in [6.45, 7) is 2.74. The molecule has 2 aromatic heterocycles. The van der Waals surface area contributed by atoms with Crippen LogP contribution in [0, 0.1) is 6.92 Å². The molecule has 0 saturated carbocycles. The number of hydrogen-bond donors (Lipinski definition) is 1. The molecule has 0 aliphatic heterocycles. The van der Waals surface area contributed by atoms with Crippen LogP contribution < -0.4 is 10.7 Å². The fourth-order valence-electron chi connectivity index (χ4n) is 2.40. The minimum atomic E-state index is -0.0716. The number of nitrogens with zero attached hydrogens (tertiary/aromatic N) is 1. The van der Waals surface area contributed by atoms with Gasteiger partial charge in [-0.05, 0) is 23.9 Å². The van der Waals surface area contributed by atoms with E-state index in [1.165, 1.54) is 23.0 Å². The molecule has 0 fully saturated rings. The molecule has 5 heteroatoms. The predicted molar refractivity (Wildman–Crippen MR) is 89.1 cm³/mol. The Kier molecular flexibility index (Phi) is 4.06. The van der Waals surface area contributed by atoms with Crippen LogP contribution in [0.4, 0.5) is 0 Å². The summed E-state index contributed by atoms with van der Waals surface area (Å²) in [7, 11) is 0. The second-order valence-electron chi connectivity index (χ2n) is 5.21. The van der Waals surface area contributed by atoms with Crippen molar-refractivity contribution in [3.63, 3.8) is 0 Å². The van der Waals surface area contributed by atoms with Gasteiger partial charge in [0.15, 0.2) is 5.43 Å². The lowest BCUT2D eigenvalue weighted by Crippen LogP contribution is -2.27. The number of nitrogens with one attached hydrogen (secondary N) is 1. The van der Waals surface area contributed by atoms with E-state index < -0.39 is 0 Å². The van der Waals surface area contributed by atoms with Gasteiger partial charge >= 0.3 is 0 Å². The number of benzene rings is 1. The molecule has 0 atom stereocenters. The smallest absolute Gasteiger partial charge is 0.240 e. The van der Waals surface area contributed by atoms with Gasteiger partial charge in [-0.2, -0.15) is 0 Å². The van der Waals surface area contributed by atoms with E-state index in [9.17, 15) is 9.59 Å². The van der Waals surface area contributed by atoms with Crippen LogP contribution in [0.15, 0.2) is 52.8 Å². The van der Waals surface area contributed by atoms with E-state index in [0.717, 1.165) is 11.1 Å². The molecular weight excluding hydrogens is 296 g/mol. The number of carbonyl (C=O) groups is 1. The molecule has 0 aliphatic rings. The van der Waals surface area contributed by atoms with Gasteiger partial charge in [0.25, 0.3) is 0 Å². The third kappa shape index (κ3) is 3.09. The summed E-state index contributed by atoms with van der Waals surface area (Å²) in [4.78, 5) is 23.8. The van der Waals surface area contributed by atoms with E-state index in [1.807, 2.05) is 36.6 Å². The Morgan fingerprint density at radius 1 is 1.27 bits per heavy atom. The molecule has 22 heavy (non-hydrogen) atoms. The zero-order valence-electron chi connectivity index (χ0n) is 12.2. The third-order valence-electron chi connectivity index (χ3n) is 3.47. The lowest BCUT2D eigenvalue weighted by atomic mass is 10.1. The number of rotatable bonds is 4. The SMILES string of the molecule is Cc1cccc(CNC(=O)Cn2ccc(=O)c3sccc32)c1. The average molecular weight is 312 g/mol. The highest BCUT2D eigenvalue weighted by atomic mass is 32.1. The molecule has 2 heterocycles. The summed E-state index contributed by atoms with van der Waals surface area (Å²) in [5, 5.41) is 4.78. The lowest BCUT2D eigenvalue weighted by molar-refractivity contribution is -0.121. The number of thiophene rings is 1. The fourth-order valence-corrected chi connectivity index (χ4v) is 3.22. The minimum absolute atomic E-state index is 0.00131. The van der Waals surface area contributed by atoms with Crippen molar-refractivity contribution in [2.75, 3.05) is 0 Å². The van der Waals surface area contributed by atoms with Gasteiger partial charge in [0.1, 0.15) is 6.54 Å². The summed E-state index contributed by atoms with van der Waals surface area (Å²) in [6, 6.07) is 11.4. The molecule has 1 amide bonds. The summed E-state index contributed by atoms with van der Waals surface area (Å²) < 4.78 is 2.49. The van der Waals surface area contributed by atoms with Crippen LogP contribution in [-0.2, 0) is 17.9 Å². The van der Waals surface area contributed by atoms with E-state index in [-0.39, 0.29) is 17.9 Å². The number of pyridine rings is 1. The quantitative estimate of drug-likeness (QED) is 0.805. The van der Waals surface area contributed by atoms with E-state index in [4.69, 9.17) is 0 Å². The summed E-state index contributed by atoms with van der Waals surface area (Å²) in [6.07, 6.45) is 1.67. The van der Waals surface area contributed by atoms with Gasteiger partial charge in [-0.25, -0.2) is 0 Å². The van der Waals surface area contributed by atoms with Gasteiger partial charge in [-0.1, -0.05) is 29.8 Å². The van der Waals surface area contributed by atoms with Crippen LogP contribution in [0.5, 0.6) is 0 Å². The number of hydrogen-bond acceptors (Lipinski definition) is 3. The van der Waals surface area contributed by atoms with Crippen molar-refractivity contribution in [1.82, 2.24) is 9.88 Å². The predicted octanol–water partition coefficient (Wildman–Crippen LogP) is 2.69. The zero-order valence-corrected chi connectivity index (χ0v) is 13.0. The standard InChI is InChI=1S/C17H16N2O2S/c1-12-3-2-4-13(9-12)10-18-16(21)11-19-7-5-15(20)17-14(19)6-8-22-17/h2-9H,10-11H2,1H3,(H,18,21). The van der Waals surface area contributed by atoms with Gasteiger partial charge in [0, 0.05) is 18.8 Å². The van der Waals surface area contributed by atoms with Gasteiger partial charge < -0.3 is 9.88 Å². The molecule has 0 radical (unpaired) electrons. The Morgan fingerprint density at radius 2 is 2.14 bits per heavy atom. The largest absolute Gasteiger partial charge is 0.350 e. The lowest BCUT2D eigenvalue weighted by Gasteiger charge is -2.09. The molecule has 0 bridgehead atoms. The second kappa shape index (κ2) is 6.15. The van der Waals surface area contributed by atoms with Crippen molar-refractivity contribution in [2.24, 2.45) is 0 Å². The molecule has 0 unspecified atom stereocenters. The first-order valence-electron chi connectivity index (χ1n) is 7.02. The number of aromatic nitrogens is 1. The van der Waals surface area contributed by atoms with Crippen molar-refractivity contribution in [3.05, 3.63) is 69.3 Å². The maximum atomic E-state index is 12.1. The molecule has 0 saturated heterocycles. The molecule has 3 aromatic rings. The highest BCUT2D eigenvalue weighted by molar-refractivity contribution is 7.17. The van der Waals surface area contributed by atoms with Crippen LogP contribution in [0.3, 0.4) is 0 Å². The normalized spacial score (nSPS) is 10.8. The topological polar surface area (TPSA) is 51.1 Å². The Bertz CT molecular complexity index is 879. The molecule has 1 N–H and O–H groups in total. The average Bonchev–Trinajstić information content (AvgIpc) is 2.99. The number of aryl methyl sites for hydroxylation is 1. The monoisotopic (exact) mass is 312 g/mol. The maximum absolute atomic E-state index is 12.1. The Labute approximate surface area is 132 Å². The van der Waals surface area contributed by atoms with E-state index in [1.54, 1.807) is 10.8 Å². The van der Waals surface area contributed by atoms with Crippen molar-refractivity contribution in [3.8, 4) is 0 Å². The first kappa shape index (κ1) is 14.5. The summed E-state index contributed by atoms with van der Waals surface area (Å²) >= 11 is 1.40. The van der Waals surface area contributed by atoms with Gasteiger partial charge in [-0.15, -0.1) is 11.3 Å². The molecule has 0 aliphatic carbocycles. The molecule has 112 valence electrons. The second-order valence-corrected chi connectivity index (χ2v) is 6.12. The van der Waals surface area contributed by atoms with Gasteiger partial charge in [0.2, 0.25) is 5.91 Å². The zero-order chi connectivity index (χ0) is 15.5. The van der Waals surface area contributed by atoms with Crippen molar-refractivity contribution in [2.45, 2.75) is 20.0 Å².